The Morgan fingerprint density at radius 3 is 3.09 bits per heavy atom. The Morgan fingerprint density at radius 2 is 2.36 bits per heavy atom. The largest absolute Gasteiger partial charge is 0.351 e. The lowest BCUT2D eigenvalue weighted by Crippen LogP contribution is -2.41. The number of benzene rings is 1. The van der Waals surface area contributed by atoms with Crippen molar-refractivity contribution in [1.29, 1.82) is 0 Å². The molecule has 0 radical (unpaired) electrons. The van der Waals surface area contributed by atoms with Gasteiger partial charge in [-0.2, -0.15) is 0 Å². The van der Waals surface area contributed by atoms with Crippen LogP contribution in [0.15, 0.2) is 18.2 Å². The molecule has 22 heavy (non-hydrogen) atoms. The van der Waals surface area contributed by atoms with Crippen molar-refractivity contribution in [3.8, 4) is 0 Å². The van der Waals surface area contributed by atoms with Crippen molar-refractivity contribution in [2.75, 3.05) is 11.6 Å². The summed E-state index contributed by atoms with van der Waals surface area (Å²) in [5.74, 6) is 3.65. The van der Waals surface area contributed by atoms with Crippen molar-refractivity contribution in [2.24, 2.45) is 7.05 Å². The first kappa shape index (κ1) is 14.1. The number of hydrogen-bond acceptors (Lipinski definition) is 4. The molecule has 2 aromatic rings. The summed E-state index contributed by atoms with van der Waals surface area (Å²) in [6.07, 6.45) is 2.51. The third kappa shape index (κ3) is 2.61. The van der Waals surface area contributed by atoms with Gasteiger partial charge in [-0.05, 0) is 30.5 Å². The maximum absolute atomic E-state index is 12.0. The number of amides is 1. The molecule has 0 bridgehead atoms. The van der Waals surface area contributed by atoms with Crippen LogP contribution in [0.1, 0.15) is 30.1 Å². The number of aryl methyl sites for hydroxylation is 1. The summed E-state index contributed by atoms with van der Waals surface area (Å²) >= 11 is 1.76. The van der Waals surface area contributed by atoms with Crippen LogP contribution >= 0.6 is 11.8 Å². The summed E-state index contributed by atoms with van der Waals surface area (Å²) in [5.41, 5.74) is 3.31. The summed E-state index contributed by atoms with van der Waals surface area (Å²) in [6, 6.07) is 6.24. The summed E-state index contributed by atoms with van der Waals surface area (Å²) in [7, 11) is 2.09. The topological polar surface area (TPSA) is 59.0 Å². The summed E-state index contributed by atoms with van der Waals surface area (Å²) in [6.45, 7) is 0.562. The van der Waals surface area contributed by atoms with Gasteiger partial charge in [0.05, 0.1) is 17.1 Å². The molecule has 1 amide bonds. The molecule has 4 rings (SSSR count). The van der Waals surface area contributed by atoms with Crippen LogP contribution in [-0.4, -0.2) is 33.1 Å². The van der Waals surface area contributed by atoms with E-state index >= 15 is 0 Å². The minimum Gasteiger partial charge on any atom is -0.351 e. The smallest absolute Gasteiger partial charge is 0.238 e. The molecule has 1 aromatic heterocycles. The molecule has 1 saturated heterocycles. The number of carbonyl (C=O) groups is 1. The van der Waals surface area contributed by atoms with Gasteiger partial charge in [0.1, 0.15) is 5.82 Å². The minimum absolute atomic E-state index is 0.0509. The molecule has 5 nitrogen and oxygen atoms in total. The molecule has 2 fully saturated rings. The van der Waals surface area contributed by atoms with Gasteiger partial charge in [-0.3, -0.25) is 10.1 Å². The van der Waals surface area contributed by atoms with E-state index in [1.165, 1.54) is 24.2 Å². The van der Waals surface area contributed by atoms with Crippen LogP contribution < -0.4 is 10.6 Å². The number of carbonyl (C=O) groups excluding carboxylic acids is 1. The molecule has 1 aliphatic carbocycles. The molecule has 2 N–H and O–H groups in total. The monoisotopic (exact) mass is 316 g/mol. The van der Waals surface area contributed by atoms with E-state index in [0.717, 1.165) is 22.7 Å². The SMILES string of the molecule is Cn1c(C2CC2)nc2cc(CNC(=O)C3CSCN3)ccc21. The Morgan fingerprint density at radius 1 is 1.50 bits per heavy atom. The highest BCUT2D eigenvalue weighted by Crippen LogP contribution is 2.40. The van der Waals surface area contributed by atoms with Crippen LogP contribution in [0.4, 0.5) is 0 Å². The Hall–Kier alpha value is -1.53. The number of imidazole rings is 1. The van der Waals surface area contributed by atoms with Crippen molar-refractivity contribution >= 4 is 28.7 Å². The zero-order chi connectivity index (χ0) is 15.1. The quantitative estimate of drug-likeness (QED) is 0.902. The number of rotatable bonds is 4. The van der Waals surface area contributed by atoms with E-state index < -0.39 is 0 Å². The van der Waals surface area contributed by atoms with E-state index in [-0.39, 0.29) is 11.9 Å². The maximum Gasteiger partial charge on any atom is 0.238 e. The van der Waals surface area contributed by atoms with Gasteiger partial charge in [0, 0.05) is 31.1 Å². The van der Waals surface area contributed by atoms with Gasteiger partial charge in [-0.1, -0.05) is 6.07 Å². The molecule has 2 heterocycles. The first-order chi connectivity index (χ1) is 10.7. The lowest BCUT2D eigenvalue weighted by atomic mass is 10.2. The number of thioether (sulfide) groups is 1. The zero-order valence-electron chi connectivity index (χ0n) is 12.6. The highest BCUT2D eigenvalue weighted by Gasteiger charge is 2.28. The van der Waals surface area contributed by atoms with Gasteiger partial charge >= 0.3 is 0 Å². The van der Waals surface area contributed by atoms with Crippen molar-refractivity contribution in [3.63, 3.8) is 0 Å². The Bertz CT molecular complexity index is 716. The van der Waals surface area contributed by atoms with Crippen LogP contribution in [0, 0.1) is 0 Å². The molecule has 1 atom stereocenters. The van der Waals surface area contributed by atoms with Gasteiger partial charge in [-0.25, -0.2) is 4.98 Å². The van der Waals surface area contributed by atoms with E-state index in [2.05, 4.69) is 40.4 Å². The lowest BCUT2D eigenvalue weighted by molar-refractivity contribution is -0.122. The van der Waals surface area contributed by atoms with E-state index in [1.54, 1.807) is 11.8 Å². The maximum atomic E-state index is 12.0. The third-order valence-corrected chi connectivity index (χ3v) is 5.36. The summed E-state index contributed by atoms with van der Waals surface area (Å²) < 4.78 is 2.20. The van der Waals surface area contributed by atoms with Crippen LogP contribution in [0.3, 0.4) is 0 Å². The van der Waals surface area contributed by atoms with E-state index in [0.29, 0.717) is 12.5 Å². The molecule has 1 aromatic carbocycles. The molecule has 1 unspecified atom stereocenters. The Balaban J connectivity index is 1.48. The predicted octanol–water partition coefficient (Wildman–Crippen LogP) is 1.73. The van der Waals surface area contributed by atoms with Gasteiger partial charge in [-0.15, -0.1) is 11.8 Å². The van der Waals surface area contributed by atoms with Crippen molar-refractivity contribution < 1.29 is 4.79 Å². The lowest BCUT2D eigenvalue weighted by Gasteiger charge is -2.10. The summed E-state index contributed by atoms with van der Waals surface area (Å²) in [5, 5.41) is 6.20. The summed E-state index contributed by atoms with van der Waals surface area (Å²) in [4.78, 5) is 16.8. The fourth-order valence-corrected chi connectivity index (χ4v) is 3.90. The van der Waals surface area contributed by atoms with Gasteiger partial charge in [0.2, 0.25) is 5.91 Å². The molecule has 116 valence electrons. The number of nitrogens with zero attached hydrogens (tertiary/aromatic N) is 2. The Kier molecular flexibility index (Phi) is 3.58. The second-order valence-electron chi connectivity index (χ2n) is 6.12. The first-order valence-corrected chi connectivity index (χ1v) is 8.92. The fraction of sp³-hybridized carbons (Fsp3) is 0.500. The number of hydrogen-bond donors (Lipinski definition) is 2. The molecule has 6 heteroatoms. The predicted molar refractivity (Wildman–Crippen MR) is 88.8 cm³/mol. The molecule has 2 aliphatic rings. The molecule has 1 aliphatic heterocycles. The zero-order valence-corrected chi connectivity index (χ0v) is 13.4. The fourth-order valence-electron chi connectivity index (χ4n) is 2.96. The highest BCUT2D eigenvalue weighted by molar-refractivity contribution is 7.99. The number of fused-ring (bicyclic) bond motifs is 1. The minimum atomic E-state index is -0.0509. The normalized spacial score (nSPS) is 21.4. The van der Waals surface area contributed by atoms with Gasteiger partial charge in [0.25, 0.3) is 0 Å². The first-order valence-electron chi connectivity index (χ1n) is 7.76. The average Bonchev–Trinajstić information content (AvgIpc) is 3.11. The average molecular weight is 316 g/mol. The van der Waals surface area contributed by atoms with E-state index in [1.807, 2.05) is 0 Å². The third-order valence-electron chi connectivity index (χ3n) is 4.42. The van der Waals surface area contributed by atoms with Crippen LogP contribution in [-0.2, 0) is 18.4 Å². The van der Waals surface area contributed by atoms with Gasteiger partial charge in [0.15, 0.2) is 0 Å². The molecular weight excluding hydrogens is 296 g/mol. The Labute approximate surface area is 133 Å². The second kappa shape index (κ2) is 5.59. The van der Waals surface area contributed by atoms with Crippen molar-refractivity contribution in [2.45, 2.75) is 31.3 Å². The van der Waals surface area contributed by atoms with Crippen molar-refractivity contribution in [1.82, 2.24) is 20.2 Å². The van der Waals surface area contributed by atoms with E-state index in [9.17, 15) is 4.79 Å². The van der Waals surface area contributed by atoms with Crippen LogP contribution in [0.25, 0.3) is 11.0 Å². The number of aromatic nitrogens is 2. The molecular formula is C16H20N4OS. The van der Waals surface area contributed by atoms with Gasteiger partial charge < -0.3 is 9.88 Å². The standard InChI is InChI=1S/C16H20N4OS/c1-20-14-5-2-10(6-12(14)19-15(20)11-3-4-11)7-17-16(21)13-8-22-9-18-13/h2,5-6,11,13,18H,3-4,7-9H2,1H3,(H,17,21). The molecule has 0 spiro atoms. The molecule has 1 saturated carbocycles. The highest BCUT2D eigenvalue weighted by atomic mass is 32.2. The second-order valence-corrected chi connectivity index (χ2v) is 7.15. The van der Waals surface area contributed by atoms with Crippen LogP contribution in [0.5, 0.6) is 0 Å². The van der Waals surface area contributed by atoms with Crippen molar-refractivity contribution in [3.05, 3.63) is 29.6 Å². The van der Waals surface area contributed by atoms with E-state index in [4.69, 9.17) is 4.98 Å². The van der Waals surface area contributed by atoms with Crippen LogP contribution in [0.2, 0.25) is 0 Å². The number of nitrogens with one attached hydrogen (secondary N) is 2.